The number of rotatable bonds is 2. The summed E-state index contributed by atoms with van der Waals surface area (Å²) in [4.78, 5) is 15.3. The second-order valence-corrected chi connectivity index (χ2v) is 4.52. The molecule has 4 N–H and O–H groups in total. The van der Waals surface area contributed by atoms with E-state index in [1.165, 1.54) is 18.3 Å². The van der Waals surface area contributed by atoms with E-state index in [0.29, 0.717) is 5.13 Å². The SMILES string of the molecule is CC(=O)Nc1cc(C)c2nc(NN)sc2c1. The van der Waals surface area contributed by atoms with E-state index in [9.17, 15) is 4.79 Å². The fourth-order valence-electron chi connectivity index (χ4n) is 1.53. The molecule has 1 heterocycles. The minimum absolute atomic E-state index is 0.0829. The Kier molecular flexibility index (Phi) is 2.76. The van der Waals surface area contributed by atoms with Crippen molar-refractivity contribution in [3.05, 3.63) is 17.7 Å². The Labute approximate surface area is 96.6 Å². The number of thiazole rings is 1. The van der Waals surface area contributed by atoms with Gasteiger partial charge in [-0.15, -0.1) is 0 Å². The number of nitrogens with two attached hydrogens (primary N) is 1. The van der Waals surface area contributed by atoms with E-state index in [2.05, 4.69) is 15.7 Å². The molecule has 0 radical (unpaired) electrons. The largest absolute Gasteiger partial charge is 0.326 e. The van der Waals surface area contributed by atoms with Crippen molar-refractivity contribution in [1.29, 1.82) is 0 Å². The van der Waals surface area contributed by atoms with E-state index in [-0.39, 0.29) is 5.91 Å². The van der Waals surface area contributed by atoms with Gasteiger partial charge in [-0.25, -0.2) is 10.8 Å². The number of anilines is 2. The Morgan fingerprint density at radius 1 is 1.50 bits per heavy atom. The lowest BCUT2D eigenvalue weighted by atomic mass is 10.2. The number of carbonyl (C=O) groups is 1. The first-order chi connectivity index (χ1) is 7.60. The van der Waals surface area contributed by atoms with Crippen LogP contribution < -0.4 is 16.6 Å². The predicted molar refractivity (Wildman–Crippen MR) is 66.5 cm³/mol. The minimum Gasteiger partial charge on any atom is -0.326 e. The summed E-state index contributed by atoms with van der Waals surface area (Å²) in [6, 6.07) is 3.78. The number of hydrogen-bond acceptors (Lipinski definition) is 5. The number of fused-ring (bicyclic) bond motifs is 1. The molecule has 0 saturated heterocycles. The van der Waals surface area contributed by atoms with Crippen molar-refractivity contribution in [3.8, 4) is 0 Å². The summed E-state index contributed by atoms with van der Waals surface area (Å²) in [6.07, 6.45) is 0. The van der Waals surface area contributed by atoms with Gasteiger partial charge in [-0.3, -0.25) is 10.2 Å². The molecule has 0 aliphatic heterocycles. The molecule has 0 unspecified atom stereocenters. The molecule has 0 saturated carbocycles. The van der Waals surface area contributed by atoms with Gasteiger partial charge in [0.15, 0.2) is 5.13 Å². The van der Waals surface area contributed by atoms with Gasteiger partial charge in [-0.1, -0.05) is 11.3 Å². The van der Waals surface area contributed by atoms with Gasteiger partial charge in [0.05, 0.1) is 10.2 Å². The highest BCUT2D eigenvalue weighted by atomic mass is 32.1. The molecular weight excluding hydrogens is 224 g/mol. The van der Waals surface area contributed by atoms with E-state index in [4.69, 9.17) is 5.84 Å². The summed E-state index contributed by atoms with van der Waals surface area (Å²) in [5.74, 6) is 5.23. The fraction of sp³-hybridized carbons (Fsp3) is 0.200. The van der Waals surface area contributed by atoms with Crippen molar-refractivity contribution in [3.63, 3.8) is 0 Å². The molecule has 0 bridgehead atoms. The first kappa shape index (κ1) is 10.8. The van der Waals surface area contributed by atoms with Crippen molar-refractivity contribution >= 4 is 38.3 Å². The quantitative estimate of drug-likeness (QED) is 0.549. The first-order valence-corrected chi connectivity index (χ1v) is 5.57. The van der Waals surface area contributed by atoms with Crippen molar-refractivity contribution in [2.24, 2.45) is 5.84 Å². The molecule has 0 fully saturated rings. The number of carbonyl (C=O) groups excluding carboxylic acids is 1. The van der Waals surface area contributed by atoms with Crippen LogP contribution in [0.15, 0.2) is 12.1 Å². The second-order valence-electron chi connectivity index (χ2n) is 3.48. The number of hydrazine groups is 1. The van der Waals surface area contributed by atoms with E-state index in [0.717, 1.165) is 21.5 Å². The zero-order chi connectivity index (χ0) is 11.7. The number of hydrogen-bond donors (Lipinski definition) is 3. The maximum atomic E-state index is 11.0. The number of amides is 1. The molecule has 1 aromatic heterocycles. The van der Waals surface area contributed by atoms with Gasteiger partial charge in [-0.05, 0) is 24.6 Å². The van der Waals surface area contributed by atoms with Crippen LogP contribution in [0.1, 0.15) is 12.5 Å². The molecule has 84 valence electrons. The van der Waals surface area contributed by atoms with E-state index in [1.54, 1.807) is 0 Å². The summed E-state index contributed by atoms with van der Waals surface area (Å²) in [5.41, 5.74) is 5.23. The van der Waals surface area contributed by atoms with Crippen LogP contribution in [-0.4, -0.2) is 10.9 Å². The summed E-state index contributed by atoms with van der Waals surface area (Å²) in [7, 11) is 0. The Hall–Kier alpha value is -1.66. The average Bonchev–Trinajstić information content (AvgIpc) is 2.60. The molecule has 1 aromatic carbocycles. The van der Waals surface area contributed by atoms with Crippen molar-refractivity contribution < 1.29 is 4.79 Å². The van der Waals surface area contributed by atoms with Gasteiger partial charge in [-0.2, -0.15) is 0 Å². The van der Waals surface area contributed by atoms with Crippen LogP contribution in [0.3, 0.4) is 0 Å². The summed E-state index contributed by atoms with van der Waals surface area (Å²) < 4.78 is 0.997. The van der Waals surface area contributed by atoms with Crippen molar-refractivity contribution in [2.45, 2.75) is 13.8 Å². The van der Waals surface area contributed by atoms with Gasteiger partial charge in [0.2, 0.25) is 5.91 Å². The fourth-order valence-corrected chi connectivity index (χ4v) is 2.43. The van der Waals surface area contributed by atoms with E-state index >= 15 is 0 Å². The standard InChI is InChI=1S/C10H12N4OS/c1-5-3-7(12-6(2)15)4-8-9(5)13-10(14-11)16-8/h3-4H,11H2,1-2H3,(H,12,15)(H,13,14). The maximum Gasteiger partial charge on any atom is 0.221 e. The zero-order valence-electron chi connectivity index (χ0n) is 9.00. The lowest BCUT2D eigenvalue weighted by Crippen LogP contribution is -2.05. The van der Waals surface area contributed by atoms with Gasteiger partial charge >= 0.3 is 0 Å². The highest BCUT2D eigenvalue weighted by Gasteiger charge is 2.07. The van der Waals surface area contributed by atoms with Crippen LogP contribution in [0, 0.1) is 6.92 Å². The van der Waals surface area contributed by atoms with Crippen molar-refractivity contribution in [2.75, 3.05) is 10.7 Å². The molecule has 0 aliphatic rings. The molecule has 1 amide bonds. The number of aryl methyl sites for hydroxylation is 1. The molecule has 0 aliphatic carbocycles. The van der Waals surface area contributed by atoms with Gasteiger partial charge in [0, 0.05) is 12.6 Å². The van der Waals surface area contributed by atoms with Crippen LogP contribution in [0.25, 0.3) is 10.2 Å². The topological polar surface area (TPSA) is 80.0 Å². The molecule has 6 heteroatoms. The third kappa shape index (κ3) is 1.98. The Balaban J connectivity index is 2.52. The van der Waals surface area contributed by atoms with Crippen molar-refractivity contribution in [1.82, 2.24) is 4.98 Å². The summed E-state index contributed by atoms with van der Waals surface area (Å²) in [6.45, 7) is 3.44. The maximum absolute atomic E-state index is 11.0. The molecule has 0 spiro atoms. The number of benzene rings is 1. The average molecular weight is 236 g/mol. The third-order valence-corrected chi connectivity index (χ3v) is 3.06. The van der Waals surface area contributed by atoms with Crippen LogP contribution in [-0.2, 0) is 4.79 Å². The molecule has 0 atom stereocenters. The lowest BCUT2D eigenvalue weighted by Gasteiger charge is -2.03. The lowest BCUT2D eigenvalue weighted by molar-refractivity contribution is -0.114. The van der Waals surface area contributed by atoms with E-state index < -0.39 is 0 Å². The normalized spacial score (nSPS) is 10.4. The van der Waals surface area contributed by atoms with Gasteiger partial charge in [0.1, 0.15) is 0 Å². The highest BCUT2D eigenvalue weighted by Crippen LogP contribution is 2.30. The van der Waals surface area contributed by atoms with Crippen LogP contribution >= 0.6 is 11.3 Å². The van der Waals surface area contributed by atoms with Crippen LogP contribution in [0.5, 0.6) is 0 Å². The van der Waals surface area contributed by atoms with Gasteiger partial charge < -0.3 is 5.32 Å². The molecule has 2 rings (SSSR count). The van der Waals surface area contributed by atoms with E-state index in [1.807, 2.05) is 19.1 Å². The highest BCUT2D eigenvalue weighted by molar-refractivity contribution is 7.22. The smallest absolute Gasteiger partial charge is 0.221 e. The first-order valence-electron chi connectivity index (χ1n) is 4.75. The minimum atomic E-state index is -0.0829. The Morgan fingerprint density at radius 2 is 2.25 bits per heavy atom. The molecule has 16 heavy (non-hydrogen) atoms. The number of aromatic nitrogens is 1. The molecule has 2 aromatic rings. The summed E-state index contributed by atoms with van der Waals surface area (Å²) >= 11 is 1.45. The third-order valence-electron chi connectivity index (χ3n) is 2.13. The summed E-state index contributed by atoms with van der Waals surface area (Å²) in [5, 5.41) is 3.42. The monoisotopic (exact) mass is 236 g/mol. The van der Waals surface area contributed by atoms with Crippen LogP contribution in [0.2, 0.25) is 0 Å². The number of nitrogen functional groups attached to an aromatic ring is 1. The van der Waals surface area contributed by atoms with Crippen LogP contribution in [0.4, 0.5) is 10.8 Å². The Bertz CT molecular complexity index is 549. The van der Waals surface area contributed by atoms with Gasteiger partial charge in [0.25, 0.3) is 0 Å². The molecule has 5 nitrogen and oxygen atoms in total. The zero-order valence-corrected chi connectivity index (χ0v) is 9.81. The predicted octanol–water partition coefficient (Wildman–Crippen LogP) is 1.85. The second kappa shape index (κ2) is 4.07. The number of nitrogens with one attached hydrogen (secondary N) is 2. The number of nitrogens with zero attached hydrogens (tertiary/aromatic N) is 1. The molecular formula is C10H12N4OS. The Morgan fingerprint density at radius 3 is 2.88 bits per heavy atom.